The third-order valence-corrected chi connectivity index (χ3v) is 4.13. The Hall–Kier alpha value is -1.85. The van der Waals surface area contributed by atoms with Crippen molar-refractivity contribution in [3.63, 3.8) is 0 Å². The predicted octanol–water partition coefficient (Wildman–Crippen LogP) is 2.72. The van der Waals surface area contributed by atoms with Gasteiger partial charge in [0.2, 0.25) is 0 Å². The van der Waals surface area contributed by atoms with Gasteiger partial charge < -0.3 is 15.5 Å². The van der Waals surface area contributed by atoms with Crippen LogP contribution in [0.3, 0.4) is 0 Å². The van der Waals surface area contributed by atoms with Crippen LogP contribution in [0.1, 0.15) is 10.4 Å². The van der Waals surface area contributed by atoms with Crippen LogP contribution < -0.4 is 10.6 Å². The number of hydrogen-bond acceptors (Lipinski definition) is 3. The van der Waals surface area contributed by atoms with Gasteiger partial charge in [0.25, 0.3) is 0 Å². The van der Waals surface area contributed by atoms with Crippen molar-refractivity contribution in [2.75, 3.05) is 20.6 Å². The number of nitrogens with zero attached hydrogens (tertiary/aromatic N) is 1. The first kappa shape index (κ1) is 16.5. The molecular weight excluding hydrogens is 294 g/mol. The molecule has 0 aliphatic carbocycles. The maximum absolute atomic E-state index is 12.1. The number of rotatable bonds is 7. The number of amides is 2. The van der Waals surface area contributed by atoms with Crippen molar-refractivity contribution in [3.8, 4) is 0 Å². The van der Waals surface area contributed by atoms with Crippen LogP contribution in [0.15, 0.2) is 47.8 Å². The Morgan fingerprint density at radius 1 is 1.18 bits per heavy atom. The monoisotopic (exact) mass is 317 g/mol. The summed E-state index contributed by atoms with van der Waals surface area (Å²) >= 11 is 1.65. The van der Waals surface area contributed by atoms with Crippen LogP contribution in [0.2, 0.25) is 0 Å². The van der Waals surface area contributed by atoms with Gasteiger partial charge in [-0.05, 0) is 37.5 Å². The maximum Gasteiger partial charge on any atom is 0.315 e. The summed E-state index contributed by atoms with van der Waals surface area (Å²) in [7, 11) is 4.03. The molecule has 0 aliphatic rings. The zero-order chi connectivity index (χ0) is 15.8. The van der Waals surface area contributed by atoms with E-state index in [4.69, 9.17) is 0 Å². The fourth-order valence-electron chi connectivity index (χ4n) is 2.32. The molecule has 0 radical (unpaired) electrons. The molecule has 0 aliphatic heterocycles. The molecule has 1 atom stereocenters. The molecule has 5 heteroatoms. The van der Waals surface area contributed by atoms with Crippen molar-refractivity contribution in [1.29, 1.82) is 0 Å². The van der Waals surface area contributed by atoms with Crippen LogP contribution in [0.4, 0.5) is 4.79 Å². The van der Waals surface area contributed by atoms with Gasteiger partial charge in [-0.2, -0.15) is 0 Å². The lowest BCUT2D eigenvalue weighted by Crippen LogP contribution is -2.47. The number of urea groups is 1. The van der Waals surface area contributed by atoms with Gasteiger partial charge in [-0.3, -0.25) is 0 Å². The van der Waals surface area contributed by atoms with Crippen molar-refractivity contribution in [2.24, 2.45) is 0 Å². The first-order valence-electron chi connectivity index (χ1n) is 7.39. The van der Waals surface area contributed by atoms with Gasteiger partial charge >= 0.3 is 6.03 Å². The summed E-state index contributed by atoms with van der Waals surface area (Å²) < 4.78 is 0. The van der Waals surface area contributed by atoms with Gasteiger partial charge in [-0.25, -0.2) is 4.79 Å². The van der Waals surface area contributed by atoms with Gasteiger partial charge in [0.15, 0.2) is 0 Å². The molecule has 2 rings (SSSR count). The van der Waals surface area contributed by atoms with Gasteiger partial charge in [0.05, 0.1) is 6.54 Å². The average molecular weight is 317 g/mol. The lowest BCUT2D eigenvalue weighted by molar-refractivity contribution is 0.232. The average Bonchev–Trinajstić information content (AvgIpc) is 2.99. The second-order valence-corrected chi connectivity index (χ2v) is 6.59. The normalized spacial score (nSPS) is 12.1. The Morgan fingerprint density at radius 3 is 2.59 bits per heavy atom. The van der Waals surface area contributed by atoms with E-state index in [2.05, 4.69) is 27.7 Å². The van der Waals surface area contributed by atoms with Crippen LogP contribution in [0.25, 0.3) is 0 Å². The highest BCUT2D eigenvalue weighted by Gasteiger charge is 2.14. The number of benzene rings is 1. The van der Waals surface area contributed by atoms with Crippen LogP contribution in [0, 0.1) is 0 Å². The number of thiophene rings is 1. The molecule has 2 amide bonds. The SMILES string of the molecule is CN(C)C[C@@H](Cc1ccccc1)NC(=O)NCc1cccs1. The van der Waals surface area contributed by atoms with Crippen LogP contribution in [0.5, 0.6) is 0 Å². The van der Waals surface area contributed by atoms with E-state index >= 15 is 0 Å². The van der Waals surface area contributed by atoms with Crippen molar-refractivity contribution in [2.45, 2.75) is 19.0 Å². The van der Waals surface area contributed by atoms with Crippen molar-refractivity contribution >= 4 is 17.4 Å². The molecule has 0 saturated carbocycles. The summed E-state index contributed by atoms with van der Waals surface area (Å²) in [5.41, 5.74) is 1.23. The lowest BCUT2D eigenvalue weighted by atomic mass is 10.1. The van der Waals surface area contributed by atoms with Crippen molar-refractivity contribution in [1.82, 2.24) is 15.5 Å². The molecule has 4 nitrogen and oxygen atoms in total. The van der Waals surface area contributed by atoms with E-state index in [1.807, 2.05) is 49.8 Å². The van der Waals surface area contributed by atoms with Crippen molar-refractivity contribution < 1.29 is 4.79 Å². The summed E-state index contributed by atoms with van der Waals surface area (Å²) in [6.45, 7) is 1.38. The summed E-state index contributed by atoms with van der Waals surface area (Å²) in [5.74, 6) is 0. The van der Waals surface area contributed by atoms with Crippen LogP contribution in [-0.2, 0) is 13.0 Å². The highest BCUT2D eigenvalue weighted by molar-refractivity contribution is 7.09. The second kappa shape index (κ2) is 8.56. The van der Waals surface area contributed by atoms with E-state index in [1.165, 1.54) is 5.56 Å². The van der Waals surface area contributed by atoms with E-state index in [1.54, 1.807) is 11.3 Å². The Bertz CT molecular complexity index is 555. The highest BCUT2D eigenvalue weighted by Crippen LogP contribution is 2.07. The Labute approximate surface area is 136 Å². The van der Waals surface area contributed by atoms with Crippen LogP contribution in [-0.4, -0.2) is 37.6 Å². The fourth-order valence-corrected chi connectivity index (χ4v) is 2.96. The molecule has 1 aromatic heterocycles. The smallest absolute Gasteiger partial charge is 0.315 e. The molecule has 0 unspecified atom stereocenters. The van der Waals surface area contributed by atoms with Gasteiger partial charge in [-0.1, -0.05) is 36.4 Å². The zero-order valence-corrected chi connectivity index (χ0v) is 13.9. The molecule has 2 N–H and O–H groups in total. The van der Waals surface area contributed by atoms with Crippen molar-refractivity contribution in [3.05, 3.63) is 58.3 Å². The summed E-state index contributed by atoms with van der Waals surface area (Å²) in [5, 5.41) is 8.00. The van der Waals surface area contributed by atoms with Gasteiger partial charge in [-0.15, -0.1) is 11.3 Å². The van der Waals surface area contributed by atoms with E-state index in [0.29, 0.717) is 6.54 Å². The standard InChI is InChI=1S/C17H23N3OS/c1-20(2)13-15(11-14-7-4-3-5-8-14)19-17(21)18-12-16-9-6-10-22-16/h3-10,15H,11-13H2,1-2H3,(H2,18,19,21)/t15-/m1/s1. The molecule has 22 heavy (non-hydrogen) atoms. The molecule has 0 saturated heterocycles. The first-order valence-corrected chi connectivity index (χ1v) is 8.27. The third kappa shape index (κ3) is 5.87. The Balaban J connectivity index is 1.86. The molecule has 1 aromatic carbocycles. The Morgan fingerprint density at radius 2 is 1.95 bits per heavy atom. The third-order valence-electron chi connectivity index (χ3n) is 3.25. The minimum Gasteiger partial charge on any atom is -0.334 e. The molecule has 0 spiro atoms. The largest absolute Gasteiger partial charge is 0.334 e. The highest BCUT2D eigenvalue weighted by atomic mass is 32.1. The van der Waals surface area contributed by atoms with E-state index in [0.717, 1.165) is 17.8 Å². The van der Waals surface area contributed by atoms with Crippen LogP contribution >= 0.6 is 11.3 Å². The molecule has 0 fully saturated rings. The molecule has 0 bridgehead atoms. The summed E-state index contributed by atoms with van der Waals surface area (Å²) in [4.78, 5) is 15.3. The second-order valence-electron chi connectivity index (χ2n) is 5.56. The topological polar surface area (TPSA) is 44.4 Å². The number of likely N-dealkylation sites (N-methyl/N-ethyl adjacent to an activating group) is 1. The number of nitrogens with one attached hydrogen (secondary N) is 2. The predicted molar refractivity (Wildman–Crippen MR) is 92.2 cm³/mol. The minimum absolute atomic E-state index is 0.0840. The Kier molecular flexibility index (Phi) is 6.43. The zero-order valence-electron chi connectivity index (χ0n) is 13.1. The fraction of sp³-hybridized carbons (Fsp3) is 0.353. The number of carbonyl (C=O) groups excluding carboxylic acids is 1. The molecular formula is C17H23N3OS. The molecule has 118 valence electrons. The van der Waals surface area contributed by atoms with Gasteiger partial charge in [0, 0.05) is 17.5 Å². The van der Waals surface area contributed by atoms with E-state index < -0.39 is 0 Å². The quantitative estimate of drug-likeness (QED) is 0.825. The van der Waals surface area contributed by atoms with E-state index in [-0.39, 0.29) is 12.1 Å². The first-order chi connectivity index (χ1) is 10.6. The molecule has 2 aromatic rings. The number of hydrogen-bond donors (Lipinski definition) is 2. The summed E-state index contributed by atoms with van der Waals surface area (Å²) in [6.07, 6.45) is 0.825. The maximum atomic E-state index is 12.1. The summed E-state index contributed by atoms with van der Waals surface area (Å²) in [6, 6.07) is 14.2. The lowest BCUT2D eigenvalue weighted by Gasteiger charge is -2.22. The minimum atomic E-state index is -0.115. The number of carbonyl (C=O) groups is 1. The molecule has 1 heterocycles. The van der Waals surface area contributed by atoms with E-state index in [9.17, 15) is 4.79 Å². The van der Waals surface area contributed by atoms with Gasteiger partial charge in [0.1, 0.15) is 0 Å².